The molecule has 0 saturated heterocycles. The Morgan fingerprint density at radius 1 is 0.906 bits per heavy atom. The smallest absolute Gasteiger partial charge is 0.261 e. The summed E-state index contributed by atoms with van der Waals surface area (Å²) in [6.07, 6.45) is 0.769. The molecule has 2 amide bonds. The van der Waals surface area contributed by atoms with Gasteiger partial charge in [0, 0.05) is 22.0 Å². The molecule has 0 heterocycles. The van der Waals surface area contributed by atoms with Crippen molar-refractivity contribution < 1.29 is 18.0 Å². The van der Waals surface area contributed by atoms with Crippen molar-refractivity contribution in [2.45, 2.75) is 18.2 Å². The fourth-order valence-electron chi connectivity index (χ4n) is 2.93. The van der Waals surface area contributed by atoms with E-state index in [0.717, 1.165) is 12.0 Å². The van der Waals surface area contributed by atoms with Crippen LogP contribution in [0.3, 0.4) is 0 Å². The van der Waals surface area contributed by atoms with Crippen LogP contribution in [0.2, 0.25) is 5.02 Å². The van der Waals surface area contributed by atoms with Crippen molar-refractivity contribution in [2.75, 3.05) is 16.6 Å². The minimum absolute atomic E-state index is 0.00193. The summed E-state index contributed by atoms with van der Waals surface area (Å²) in [6, 6.07) is 19.1. The molecule has 0 aromatic heterocycles. The third kappa shape index (κ3) is 6.09. The quantitative estimate of drug-likeness (QED) is 0.460. The van der Waals surface area contributed by atoms with E-state index >= 15 is 0 Å². The van der Waals surface area contributed by atoms with Crippen molar-refractivity contribution in [1.82, 2.24) is 5.32 Å². The van der Waals surface area contributed by atoms with Gasteiger partial charge in [-0.05, 0) is 66.6 Å². The largest absolute Gasteiger partial charge is 0.343 e. The van der Waals surface area contributed by atoms with Crippen LogP contribution in [-0.2, 0) is 21.2 Å². The minimum Gasteiger partial charge on any atom is -0.343 e. The van der Waals surface area contributed by atoms with Gasteiger partial charge in [0.2, 0.25) is 5.91 Å². The molecule has 3 rings (SSSR count). The minimum atomic E-state index is -3.82. The van der Waals surface area contributed by atoms with Crippen molar-refractivity contribution in [3.05, 3.63) is 88.9 Å². The molecule has 0 spiro atoms. The van der Waals surface area contributed by atoms with Gasteiger partial charge in [0.1, 0.15) is 0 Å². The predicted molar refractivity (Wildman–Crippen MR) is 125 cm³/mol. The van der Waals surface area contributed by atoms with Crippen LogP contribution in [0.25, 0.3) is 0 Å². The van der Waals surface area contributed by atoms with E-state index in [1.807, 2.05) is 25.1 Å². The van der Waals surface area contributed by atoms with Gasteiger partial charge in [0.05, 0.1) is 11.4 Å². The topological polar surface area (TPSA) is 104 Å². The molecule has 3 aromatic rings. The van der Waals surface area contributed by atoms with Crippen LogP contribution in [0.4, 0.5) is 11.4 Å². The number of rotatable bonds is 8. The number of nitrogens with one attached hydrogen (secondary N) is 3. The molecule has 166 valence electrons. The normalized spacial score (nSPS) is 10.9. The van der Waals surface area contributed by atoms with E-state index in [-0.39, 0.29) is 22.9 Å². The number of aryl methyl sites for hydroxylation is 1. The molecule has 3 N–H and O–H groups in total. The summed E-state index contributed by atoms with van der Waals surface area (Å²) in [5, 5.41) is 5.80. The number of sulfonamides is 1. The molecule has 0 radical (unpaired) electrons. The Kier molecular flexibility index (Phi) is 7.50. The van der Waals surface area contributed by atoms with Gasteiger partial charge in [-0.3, -0.25) is 14.3 Å². The molecule has 0 fully saturated rings. The van der Waals surface area contributed by atoms with Gasteiger partial charge in [-0.25, -0.2) is 8.42 Å². The fourth-order valence-corrected chi connectivity index (χ4v) is 4.11. The van der Waals surface area contributed by atoms with Crippen LogP contribution in [0.1, 0.15) is 22.8 Å². The Balaban J connectivity index is 1.58. The molecule has 0 unspecified atom stereocenters. The van der Waals surface area contributed by atoms with E-state index in [2.05, 4.69) is 15.4 Å². The van der Waals surface area contributed by atoms with Crippen molar-refractivity contribution in [3.63, 3.8) is 0 Å². The van der Waals surface area contributed by atoms with Gasteiger partial charge in [0.15, 0.2) is 0 Å². The lowest BCUT2D eigenvalue weighted by Crippen LogP contribution is -2.33. The lowest BCUT2D eigenvalue weighted by atomic mass is 10.1. The summed E-state index contributed by atoms with van der Waals surface area (Å²) in [7, 11) is -3.82. The molecule has 3 aromatic carbocycles. The lowest BCUT2D eigenvalue weighted by Gasteiger charge is -2.11. The van der Waals surface area contributed by atoms with Crippen molar-refractivity contribution in [2.24, 2.45) is 0 Å². The summed E-state index contributed by atoms with van der Waals surface area (Å²) < 4.78 is 27.5. The molecule has 0 saturated carbocycles. The van der Waals surface area contributed by atoms with E-state index in [1.54, 1.807) is 30.3 Å². The van der Waals surface area contributed by atoms with Gasteiger partial charge in [-0.1, -0.05) is 36.7 Å². The molecule has 9 heteroatoms. The van der Waals surface area contributed by atoms with E-state index in [9.17, 15) is 18.0 Å². The second-order valence-corrected chi connectivity index (χ2v) is 9.00. The number of para-hydroxylation sites is 1. The van der Waals surface area contributed by atoms with Gasteiger partial charge in [-0.15, -0.1) is 0 Å². The number of halogens is 1. The Hall–Kier alpha value is -3.36. The number of hydrogen-bond donors (Lipinski definition) is 3. The third-order valence-corrected chi connectivity index (χ3v) is 6.25. The maximum absolute atomic E-state index is 12.5. The third-order valence-electron chi connectivity index (χ3n) is 4.61. The zero-order valence-corrected chi connectivity index (χ0v) is 18.8. The number of carbonyl (C=O) groups excluding carboxylic acids is 2. The van der Waals surface area contributed by atoms with Gasteiger partial charge < -0.3 is 10.6 Å². The molecular formula is C23H22ClN3O4S. The maximum Gasteiger partial charge on any atom is 0.261 e. The second kappa shape index (κ2) is 10.3. The molecule has 0 aliphatic heterocycles. The Bertz CT molecular complexity index is 1210. The van der Waals surface area contributed by atoms with Crippen LogP contribution >= 0.6 is 11.6 Å². The summed E-state index contributed by atoms with van der Waals surface area (Å²) in [4.78, 5) is 24.5. The van der Waals surface area contributed by atoms with Crippen molar-refractivity contribution >= 4 is 44.8 Å². The van der Waals surface area contributed by atoms with E-state index < -0.39 is 15.9 Å². The van der Waals surface area contributed by atoms with Crippen LogP contribution in [0, 0.1) is 0 Å². The Labute approximate surface area is 191 Å². The van der Waals surface area contributed by atoms with E-state index in [1.165, 1.54) is 24.3 Å². The highest BCUT2D eigenvalue weighted by molar-refractivity contribution is 7.92. The number of carbonyl (C=O) groups is 2. The zero-order chi connectivity index (χ0) is 23.1. The van der Waals surface area contributed by atoms with Gasteiger partial charge in [-0.2, -0.15) is 0 Å². The first-order chi connectivity index (χ1) is 15.3. The summed E-state index contributed by atoms with van der Waals surface area (Å²) in [5.41, 5.74) is 2.30. The van der Waals surface area contributed by atoms with Crippen molar-refractivity contribution in [3.8, 4) is 0 Å². The SMILES string of the molecule is CCc1ccccc1NC(=O)CNC(=O)c1ccc(S(=O)(=O)Nc2ccc(Cl)cc2)cc1. The molecular weight excluding hydrogens is 450 g/mol. The second-order valence-electron chi connectivity index (χ2n) is 6.88. The predicted octanol–water partition coefficient (Wildman–Crippen LogP) is 4.07. The van der Waals surface area contributed by atoms with Crippen LogP contribution in [0.5, 0.6) is 0 Å². The average molecular weight is 472 g/mol. The standard InChI is InChI=1S/C23H22ClN3O4S/c1-2-16-5-3-4-6-21(16)26-22(28)15-25-23(29)17-7-13-20(14-8-17)32(30,31)27-19-11-9-18(24)10-12-19/h3-14,27H,2,15H2,1H3,(H,25,29)(H,26,28). The van der Waals surface area contributed by atoms with Gasteiger partial charge >= 0.3 is 0 Å². The number of anilines is 2. The van der Waals surface area contributed by atoms with E-state index in [4.69, 9.17) is 11.6 Å². The molecule has 7 nitrogen and oxygen atoms in total. The number of amides is 2. The number of benzene rings is 3. The Morgan fingerprint density at radius 2 is 1.56 bits per heavy atom. The lowest BCUT2D eigenvalue weighted by molar-refractivity contribution is -0.115. The summed E-state index contributed by atoms with van der Waals surface area (Å²) >= 11 is 5.81. The zero-order valence-electron chi connectivity index (χ0n) is 17.3. The first-order valence-corrected chi connectivity index (χ1v) is 11.7. The molecule has 32 heavy (non-hydrogen) atoms. The van der Waals surface area contributed by atoms with Gasteiger partial charge in [0.25, 0.3) is 15.9 Å². The molecule has 0 aliphatic carbocycles. The molecule has 0 bridgehead atoms. The highest BCUT2D eigenvalue weighted by Crippen LogP contribution is 2.19. The van der Waals surface area contributed by atoms with E-state index in [0.29, 0.717) is 16.4 Å². The van der Waals surface area contributed by atoms with Crippen LogP contribution < -0.4 is 15.4 Å². The maximum atomic E-state index is 12.5. The fraction of sp³-hybridized carbons (Fsp3) is 0.130. The highest BCUT2D eigenvalue weighted by Gasteiger charge is 2.16. The summed E-state index contributed by atoms with van der Waals surface area (Å²) in [6.45, 7) is 1.77. The highest BCUT2D eigenvalue weighted by atomic mass is 35.5. The monoisotopic (exact) mass is 471 g/mol. The number of hydrogen-bond acceptors (Lipinski definition) is 4. The molecule has 0 aliphatic rings. The van der Waals surface area contributed by atoms with Crippen LogP contribution in [0.15, 0.2) is 77.7 Å². The molecule has 0 atom stereocenters. The van der Waals surface area contributed by atoms with Crippen LogP contribution in [-0.4, -0.2) is 26.8 Å². The average Bonchev–Trinajstić information content (AvgIpc) is 2.79. The summed E-state index contributed by atoms with van der Waals surface area (Å²) in [5.74, 6) is -0.843. The Morgan fingerprint density at radius 3 is 2.22 bits per heavy atom. The first-order valence-electron chi connectivity index (χ1n) is 9.83. The van der Waals surface area contributed by atoms with Crippen molar-refractivity contribution in [1.29, 1.82) is 0 Å². The first kappa shape index (κ1) is 23.3.